The molecule has 1 saturated heterocycles. The molecule has 0 unspecified atom stereocenters. The molecule has 5 heteroatoms. The van der Waals surface area contributed by atoms with Crippen molar-refractivity contribution in [2.75, 3.05) is 20.2 Å². The SMILES string of the molecule is COc1ccccc1[C@@H]1[C@@H]2CCCC[C@@]2(O)CCN1CCC(N)=O. The van der Waals surface area contributed by atoms with Gasteiger partial charge in [0, 0.05) is 37.0 Å². The third-order valence-corrected chi connectivity index (χ3v) is 5.77. The second-order valence-corrected chi connectivity index (χ2v) is 7.14. The van der Waals surface area contributed by atoms with E-state index in [0.717, 1.165) is 50.0 Å². The first-order chi connectivity index (χ1) is 11.5. The molecule has 0 bridgehead atoms. The van der Waals surface area contributed by atoms with Gasteiger partial charge in [-0.05, 0) is 25.3 Å². The Morgan fingerprint density at radius 1 is 1.38 bits per heavy atom. The van der Waals surface area contributed by atoms with E-state index >= 15 is 0 Å². The van der Waals surface area contributed by atoms with E-state index in [-0.39, 0.29) is 17.9 Å². The van der Waals surface area contributed by atoms with Gasteiger partial charge in [-0.1, -0.05) is 31.0 Å². The Morgan fingerprint density at radius 2 is 2.17 bits per heavy atom. The number of nitrogens with two attached hydrogens (primary N) is 1. The van der Waals surface area contributed by atoms with Crippen molar-refractivity contribution in [1.82, 2.24) is 4.90 Å². The summed E-state index contributed by atoms with van der Waals surface area (Å²) in [5.74, 6) is 0.740. The molecule has 1 amide bonds. The molecule has 0 radical (unpaired) electrons. The van der Waals surface area contributed by atoms with Crippen molar-refractivity contribution in [1.29, 1.82) is 0 Å². The monoisotopic (exact) mass is 332 g/mol. The third kappa shape index (κ3) is 3.28. The molecule has 0 spiro atoms. The van der Waals surface area contributed by atoms with E-state index in [4.69, 9.17) is 10.5 Å². The van der Waals surface area contributed by atoms with Crippen LogP contribution >= 0.6 is 0 Å². The summed E-state index contributed by atoms with van der Waals surface area (Å²) in [6.07, 6.45) is 5.22. The van der Waals surface area contributed by atoms with Crippen LogP contribution in [0.5, 0.6) is 5.75 Å². The Bertz CT molecular complexity index is 592. The number of aliphatic hydroxyl groups is 1. The molecular weight excluding hydrogens is 304 g/mol. The van der Waals surface area contributed by atoms with Crippen LogP contribution in [0.4, 0.5) is 0 Å². The van der Waals surface area contributed by atoms with Gasteiger partial charge in [0.2, 0.25) is 5.91 Å². The Kier molecular flexibility index (Phi) is 5.11. The number of para-hydroxylation sites is 1. The van der Waals surface area contributed by atoms with Crippen LogP contribution in [0.3, 0.4) is 0 Å². The molecule has 3 N–H and O–H groups in total. The maximum absolute atomic E-state index is 11.3. The number of hydrogen-bond acceptors (Lipinski definition) is 4. The molecule has 24 heavy (non-hydrogen) atoms. The average molecular weight is 332 g/mol. The highest BCUT2D eigenvalue weighted by Crippen LogP contribution is 2.50. The second kappa shape index (κ2) is 7.11. The first-order valence-electron chi connectivity index (χ1n) is 8.93. The van der Waals surface area contributed by atoms with E-state index in [1.807, 2.05) is 18.2 Å². The van der Waals surface area contributed by atoms with Crippen LogP contribution in [-0.4, -0.2) is 41.7 Å². The lowest BCUT2D eigenvalue weighted by atomic mass is 9.66. The van der Waals surface area contributed by atoms with Gasteiger partial charge in [-0.25, -0.2) is 0 Å². The van der Waals surface area contributed by atoms with Gasteiger partial charge in [-0.3, -0.25) is 9.69 Å². The Labute approximate surface area is 143 Å². The van der Waals surface area contributed by atoms with Crippen molar-refractivity contribution in [2.45, 2.75) is 50.2 Å². The number of benzene rings is 1. The van der Waals surface area contributed by atoms with Crippen LogP contribution in [0.2, 0.25) is 0 Å². The number of rotatable bonds is 5. The van der Waals surface area contributed by atoms with E-state index in [9.17, 15) is 9.90 Å². The van der Waals surface area contributed by atoms with Crippen molar-refractivity contribution in [3.05, 3.63) is 29.8 Å². The highest BCUT2D eigenvalue weighted by atomic mass is 16.5. The van der Waals surface area contributed by atoms with Gasteiger partial charge in [0.1, 0.15) is 5.75 Å². The lowest BCUT2D eigenvalue weighted by Crippen LogP contribution is -2.55. The van der Waals surface area contributed by atoms with Gasteiger partial charge >= 0.3 is 0 Å². The predicted octanol–water partition coefficient (Wildman–Crippen LogP) is 2.24. The zero-order valence-electron chi connectivity index (χ0n) is 14.4. The predicted molar refractivity (Wildman–Crippen MR) is 92.6 cm³/mol. The number of fused-ring (bicyclic) bond motifs is 1. The number of piperidine rings is 1. The lowest BCUT2D eigenvalue weighted by Gasteiger charge is -2.53. The fraction of sp³-hybridized carbons (Fsp3) is 0.632. The van der Waals surface area contributed by atoms with Crippen molar-refractivity contribution >= 4 is 5.91 Å². The molecule has 1 heterocycles. The zero-order chi connectivity index (χ0) is 17.2. The normalized spacial score (nSPS) is 30.6. The molecule has 0 aromatic heterocycles. The number of amides is 1. The number of carbonyl (C=O) groups excluding carboxylic acids is 1. The molecule has 3 rings (SSSR count). The maximum atomic E-state index is 11.3. The molecule has 5 nitrogen and oxygen atoms in total. The van der Waals surface area contributed by atoms with Gasteiger partial charge in [0.05, 0.1) is 12.7 Å². The molecule has 1 saturated carbocycles. The smallest absolute Gasteiger partial charge is 0.218 e. The summed E-state index contributed by atoms with van der Waals surface area (Å²) in [5.41, 5.74) is 5.87. The molecule has 1 aromatic rings. The first kappa shape index (κ1) is 17.2. The Hall–Kier alpha value is -1.59. The highest BCUT2D eigenvalue weighted by Gasteiger charge is 2.49. The minimum Gasteiger partial charge on any atom is -0.496 e. The van der Waals surface area contributed by atoms with Crippen LogP contribution in [0.15, 0.2) is 24.3 Å². The van der Waals surface area contributed by atoms with E-state index in [1.54, 1.807) is 7.11 Å². The van der Waals surface area contributed by atoms with Crippen LogP contribution in [-0.2, 0) is 4.79 Å². The van der Waals surface area contributed by atoms with Crippen molar-refractivity contribution < 1.29 is 14.6 Å². The number of likely N-dealkylation sites (tertiary alicyclic amines) is 1. The Balaban J connectivity index is 1.96. The summed E-state index contributed by atoms with van der Waals surface area (Å²) in [4.78, 5) is 13.6. The van der Waals surface area contributed by atoms with Crippen LogP contribution < -0.4 is 10.5 Å². The van der Waals surface area contributed by atoms with E-state index in [2.05, 4.69) is 11.0 Å². The quantitative estimate of drug-likeness (QED) is 0.867. The number of ether oxygens (including phenoxy) is 1. The molecule has 1 aromatic carbocycles. The molecule has 3 atom stereocenters. The summed E-state index contributed by atoms with van der Waals surface area (Å²) < 4.78 is 5.59. The molecule has 2 fully saturated rings. The Morgan fingerprint density at radius 3 is 2.92 bits per heavy atom. The molecular formula is C19H28N2O3. The summed E-state index contributed by atoms with van der Waals surface area (Å²) in [6.45, 7) is 1.41. The fourth-order valence-corrected chi connectivity index (χ4v) is 4.57. The summed E-state index contributed by atoms with van der Waals surface area (Å²) in [6, 6.07) is 8.10. The average Bonchev–Trinajstić information content (AvgIpc) is 2.59. The summed E-state index contributed by atoms with van der Waals surface area (Å²) in [5, 5.41) is 11.2. The van der Waals surface area contributed by atoms with Gasteiger partial charge in [-0.15, -0.1) is 0 Å². The van der Waals surface area contributed by atoms with Crippen molar-refractivity contribution in [3.63, 3.8) is 0 Å². The number of carbonyl (C=O) groups is 1. The van der Waals surface area contributed by atoms with Crippen LogP contribution in [0, 0.1) is 5.92 Å². The summed E-state index contributed by atoms with van der Waals surface area (Å²) >= 11 is 0. The third-order valence-electron chi connectivity index (χ3n) is 5.77. The first-order valence-corrected chi connectivity index (χ1v) is 8.93. The largest absolute Gasteiger partial charge is 0.496 e. The van der Waals surface area contributed by atoms with Gasteiger partial charge in [0.25, 0.3) is 0 Å². The van der Waals surface area contributed by atoms with E-state index in [0.29, 0.717) is 13.0 Å². The van der Waals surface area contributed by atoms with Gasteiger partial charge in [0.15, 0.2) is 0 Å². The number of nitrogens with zero attached hydrogens (tertiary/aromatic N) is 1. The summed E-state index contributed by atoms with van der Waals surface area (Å²) in [7, 11) is 1.68. The number of hydrogen-bond donors (Lipinski definition) is 2. The topological polar surface area (TPSA) is 75.8 Å². The minimum absolute atomic E-state index is 0.0690. The number of primary amides is 1. The molecule has 2 aliphatic rings. The highest BCUT2D eigenvalue weighted by molar-refractivity contribution is 5.73. The van der Waals surface area contributed by atoms with Gasteiger partial charge < -0.3 is 15.6 Å². The van der Waals surface area contributed by atoms with Crippen molar-refractivity contribution in [2.24, 2.45) is 11.7 Å². The van der Waals surface area contributed by atoms with E-state index < -0.39 is 5.60 Å². The zero-order valence-corrected chi connectivity index (χ0v) is 14.4. The van der Waals surface area contributed by atoms with Gasteiger partial charge in [-0.2, -0.15) is 0 Å². The number of methoxy groups -OCH3 is 1. The fourth-order valence-electron chi connectivity index (χ4n) is 4.57. The molecule has 1 aliphatic heterocycles. The molecule has 1 aliphatic carbocycles. The lowest BCUT2D eigenvalue weighted by molar-refractivity contribution is -0.128. The van der Waals surface area contributed by atoms with Crippen LogP contribution in [0.25, 0.3) is 0 Å². The standard InChI is InChI=1S/C19H28N2O3/c1-24-16-8-3-2-6-14(16)18-15-7-4-5-10-19(15,23)11-13-21(18)12-9-17(20)22/h2-3,6,8,15,18,23H,4-5,7,9-13H2,1H3,(H2,20,22)/t15-,18+,19+/m0/s1. The minimum atomic E-state index is -0.604. The van der Waals surface area contributed by atoms with Crippen molar-refractivity contribution in [3.8, 4) is 5.75 Å². The molecule has 132 valence electrons. The maximum Gasteiger partial charge on any atom is 0.218 e. The van der Waals surface area contributed by atoms with E-state index in [1.165, 1.54) is 0 Å². The second-order valence-electron chi connectivity index (χ2n) is 7.14. The van der Waals surface area contributed by atoms with Crippen LogP contribution in [0.1, 0.15) is 50.1 Å².